The number of carbonyl (C=O) groups excluding carboxylic acids is 2. The number of benzene rings is 1. The molecule has 2 bridgehead atoms. The van der Waals surface area contributed by atoms with Crippen LogP contribution in [0.5, 0.6) is 5.75 Å². The third-order valence-corrected chi connectivity index (χ3v) is 6.70. The molecule has 0 aromatic heterocycles. The Morgan fingerprint density at radius 3 is 2.40 bits per heavy atom. The first-order valence-corrected chi connectivity index (χ1v) is 11.5. The highest BCUT2D eigenvalue weighted by atomic mass is 35.5. The fraction of sp³-hybridized carbons (Fsp3) is 0.652. The Hall–Kier alpha value is -1.79. The van der Waals surface area contributed by atoms with Crippen molar-refractivity contribution in [2.45, 2.75) is 77.3 Å². The molecule has 2 atom stereocenters. The highest BCUT2D eigenvalue weighted by molar-refractivity contribution is 6.34. The number of methoxy groups -OCH3 is 1. The lowest BCUT2D eigenvalue weighted by Gasteiger charge is -2.38. The first-order chi connectivity index (χ1) is 14.4. The molecule has 2 heterocycles. The van der Waals surface area contributed by atoms with Crippen molar-refractivity contribution in [1.29, 1.82) is 0 Å². The number of halogens is 1. The van der Waals surface area contributed by atoms with Crippen LogP contribution < -0.4 is 15.4 Å². The van der Waals surface area contributed by atoms with Crippen molar-refractivity contribution >= 4 is 34.8 Å². The van der Waals surface area contributed by atoms with Crippen LogP contribution in [0.2, 0.25) is 5.02 Å². The molecule has 0 radical (unpaired) electrons. The highest BCUT2D eigenvalue weighted by Gasteiger charge is 2.42. The van der Waals surface area contributed by atoms with Gasteiger partial charge in [0.2, 0.25) is 11.8 Å². The molecule has 2 fully saturated rings. The number of hydrogen-bond donors (Lipinski definition) is 2. The number of rotatable bonds is 9. The third kappa shape index (κ3) is 5.46. The van der Waals surface area contributed by atoms with Gasteiger partial charge in [0.1, 0.15) is 5.75 Å². The molecule has 2 unspecified atom stereocenters. The number of amides is 2. The number of piperidine rings is 1. The van der Waals surface area contributed by atoms with Crippen molar-refractivity contribution in [2.75, 3.05) is 24.3 Å². The fourth-order valence-electron chi connectivity index (χ4n) is 4.91. The summed E-state index contributed by atoms with van der Waals surface area (Å²) in [6, 6.07) is 4.32. The van der Waals surface area contributed by atoms with Gasteiger partial charge in [-0.3, -0.25) is 14.5 Å². The summed E-state index contributed by atoms with van der Waals surface area (Å²) in [5, 5.41) is 6.05. The van der Waals surface area contributed by atoms with E-state index in [2.05, 4.69) is 22.5 Å². The van der Waals surface area contributed by atoms with E-state index >= 15 is 0 Å². The van der Waals surface area contributed by atoms with Gasteiger partial charge in [-0.25, -0.2) is 0 Å². The van der Waals surface area contributed by atoms with Crippen LogP contribution in [0.4, 0.5) is 11.4 Å². The van der Waals surface area contributed by atoms with E-state index in [9.17, 15) is 9.59 Å². The average molecular weight is 436 g/mol. The normalized spacial score (nSPS) is 23.3. The quantitative estimate of drug-likeness (QED) is 0.531. The van der Waals surface area contributed by atoms with E-state index in [4.69, 9.17) is 16.3 Å². The van der Waals surface area contributed by atoms with Crippen molar-refractivity contribution < 1.29 is 14.3 Å². The van der Waals surface area contributed by atoms with Gasteiger partial charge in [-0.15, -0.1) is 0 Å². The van der Waals surface area contributed by atoms with Crippen LogP contribution in [0.25, 0.3) is 0 Å². The summed E-state index contributed by atoms with van der Waals surface area (Å²) in [4.78, 5) is 27.0. The van der Waals surface area contributed by atoms with Crippen LogP contribution >= 0.6 is 11.6 Å². The Balaban J connectivity index is 1.62. The van der Waals surface area contributed by atoms with Gasteiger partial charge < -0.3 is 15.4 Å². The molecule has 1 aromatic carbocycles. The fourth-order valence-corrected chi connectivity index (χ4v) is 5.13. The van der Waals surface area contributed by atoms with E-state index in [-0.39, 0.29) is 17.7 Å². The molecule has 0 spiro atoms. The van der Waals surface area contributed by atoms with Crippen molar-refractivity contribution in [3.05, 3.63) is 17.2 Å². The van der Waals surface area contributed by atoms with Gasteiger partial charge in [-0.05, 0) is 44.7 Å². The predicted octanol–water partition coefficient (Wildman–Crippen LogP) is 5.07. The van der Waals surface area contributed by atoms with E-state index < -0.39 is 0 Å². The first-order valence-electron chi connectivity index (χ1n) is 11.1. The standard InChI is InChI=1S/C23H34ClN3O3/c1-4-5-6-7-10-27-17-8-9-18(27)12-16(11-17)23(29)26-21-13-19(24)20(25-15(2)28)14-22(21)30-3/h13-14,16-18H,4-12H2,1-3H3,(H,25,28)(H,26,29). The number of fused-ring (bicyclic) bond motifs is 2. The van der Waals surface area contributed by atoms with Gasteiger partial charge in [0.05, 0.1) is 23.5 Å². The molecule has 2 aliphatic heterocycles. The molecule has 166 valence electrons. The number of nitrogens with one attached hydrogen (secondary N) is 2. The molecule has 30 heavy (non-hydrogen) atoms. The Bertz CT molecular complexity index is 756. The molecule has 3 rings (SSSR count). The SMILES string of the molecule is CCCCCCN1C2CCC1CC(C(=O)Nc1cc(Cl)c(NC(C)=O)cc1OC)C2. The predicted molar refractivity (Wildman–Crippen MR) is 121 cm³/mol. The first kappa shape index (κ1) is 22.9. The summed E-state index contributed by atoms with van der Waals surface area (Å²) in [7, 11) is 1.54. The monoisotopic (exact) mass is 435 g/mol. The lowest BCUT2D eigenvalue weighted by atomic mass is 9.89. The number of unbranched alkanes of at least 4 members (excludes halogenated alkanes) is 3. The molecule has 2 aliphatic rings. The zero-order valence-electron chi connectivity index (χ0n) is 18.3. The topological polar surface area (TPSA) is 70.7 Å². The minimum Gasteiger partial charge on any atom is -0.494 e. The molecule has 6 nitrogen and oxygen atoms in total. The minimum atomic E-state index is -0.215. The molecule has 2 N–H and O–H groups in total. The van der Waals surface area contributed by atoms with Crippen molar-refractivity contribution in [3.8, 4) is 5.75 Å². The summed E-state index contributed by atoms with van der Waals surface area (Å²) < 4.78 is 5.41. The van der Waals surface area contributed by atoms with E-state index in [1.54, 1.807) is 12.1 Å². The Kier molecular flexibility index (Phi) is 8.00. The number of carbonyl (C=O) groups is 2. The maximum atomic E-state index is 13.0. The highest BCUT2D eigenvalue weighted by Crippen LogP contribution is 2.40. The van der Waals surface area contributed by atoms with Crippen LogP contribution in [0.15, 0.2) is 12.1 Å². The molecule has 0 saturated carbocycles. The summed E-state index contributed by atoms with van der Waals surface area (Å²) in [5.41, 5.74) is 1.00. The number of ether oxygens (including phenoxy) is 1. The van der Waals surface area contributed by atoms with Crippen LogP contribution in [0, 0.1) is 5.92 Å². The second-order valence-electron chi connectivity index (χ2n) is 8.55. The largest absolute Gasteiger partial charge is 0.494 e. The second-order valence-corrected chi connectivity index (χ2v) is 8.96. The van der Waals surface area contributed by atoms with Crippen molar-refractivity contribution in [2.24, 2.45) is 5.92 Å². The number of nitrogens with zero attached hydrogens (tertiary/aromatic N) is 1. The number of hydrogen-bond acceptors (Lipinski definition) is 4. The zero-order valence-corrected chi connectivity index (χ0v) is 19.1. The van der Waals surface area contributed by atoms with Crippen LogP contribution in [-0.2, 0) is 9.59 Å². The van der Waals surface area contributed by atoms with E-state index in [0.717, 1.165) is 19.4 Å². The van der Waals surface area contributed by atoms with E-state index in [1.807, 2.05) is 0 Å². The van der Waals surface area contributed by atoms with Crippen LogP contribution in [-0.4, -0.2) is 42.5 Å². The molecule has 2 amide bonds. The smallest absolute Gasteiger partial charge is 0.227 e. The molecular formula is C23H34ClN3O3. The zero-order chi connectivity index (χ0) is 21.7. The average Bonchev–Trinajstić information content (AvgIpc) is 2.93. The summed E-state index contributed by atoms with van der Waals surface area (Å²) in [6.45, 7) is 4.82. The van der Waals surface area contributed by atoms with Crippen molar-refractivity contribution in [3.63, 3.8) is 0 Å². The van der Waals surface area contributed by atoms with Gasteiger partial charge in [0.25, 0.3) is 0 Å². The van der Waals surface area contributed by atoms with Gasteiger partial charge in [-0.2, -0.15) is 0 Å². The molecular weight excluding hydrogens is 402 g/mol. The van der Waals surface area contributed by atoms with Gasteiger partial charge in [0.15, 0.2) is 0 Å². The lowest BCUT2D eigenvalue weighted by molar-refractivity contribution is -0.122. The van der Waals surface area contributed by atoms with Crippen LogP contribution in [0.1, 0.15) is 65.2 Å². The van der Waals surface area contributed by atoms with E-state index in [1.165, 1.54) is 52.6 Å². The second kappa shape index (κ2) is 10.5. The molecule has 2 saturated heterocycles. The van der Waals surface area contributed by atoms with Crippen LogP contribution in [0.3, 0.4) is 0 Å². The molecule has 7 heteroatoms. The Labute approximate surface area is 184 Å². The maximum absolute atomic E-state index is 13.0. The third-order valence-electron chi connectivity index (χ3n) is 6.38. The maximum Gasteiger partial charge on any atom is 0.227 e. The van der Waals surface area contributed by atoms with E-state index in [0.29, 0.717) is 34.2 Å². The molecule has 1 aromatic rings. The summed E-state index contributed by atoms with van der Waals surface area (Å²) >= 11 is 6.29. The van der Waals surface area contributed by atoms with Crippen molar-refractivity contribution in [1.82, 2.24) is 4.90 Å². The Morgan fingerprint density at radius 2 is 1.80 bits per heavy atom. The Morgan fingerprint density at radius 1 is 1.10 bits per heavy atom. The minimum absolute atomic E-state index is 0.00731. The van der Waals surface area contributed by atoms with Gasteiger partial charge in [0, 0.05) is 31.0 Å². The summed E-state index contributed by atoms with van der Waals surface area (Å²) in [5.74, 6) is 0.299. The van der Waals surface area contributed by atoms with Gasteiger partial charge in [-0.1, -0.05) is 37.8 Å². The molecule has 0 aliphatic carbocycles. The van der Waals surface area contributed by atoms with Gasteiger partial charge >= 0.3 is 0 Å². The number of anilines is 2. The lowest BCUT2D eigenvalue weighted by Crippen LogP contribution is -2.46. The summed E-state index contributed by atoms with van der Waals surface area (Å²) in [6.07, 6.45) is 9.34.